The number of benzene rings is 1. The molecular formula is C14H15N3. The lowest BCUT2D eigenvalue weighted by Gasteiger charge is -2.09. The summed E-state index contributed by atoms with van der Waals surface area (Å²) in [6.07, 6.45) is 1.71. The molecule has 2 aromatic rings. The third-order valence-electron chi connectivity index (χ3n) is 2.90. The molecule has 0 unspecified atom stereocenters. The summed E-state index contributed by atoms with van der Waals surface area (Å²) in [7, 11) is 0. The number of nitrogens with one attached hydrogen (secondary N) is 1. The molecule has 0 saturated carbocycles. The van der Waals surface area contributed by atoms with Crippen LogP contribution in [-0.2, 0) is 0 Å². The largest absolute Gasteiger partial charge is 0.329 e. The van der Waals surface area contributed by atoms with E-state index in [0.29, 0.717) is 11.7 Å². The van der Waals surface area contributed by atoms with Gasteiger partial charge in [-0.15, -0.1) is 0 Å². The fraction of sp³-hybridized carbons (Fsp3) is 0.286. The molecule has 1 heterocycles. The van der Waals surface area contributed by atoms with Crippen LogP contribution >= 0.6 is 0 Å². The first-order valence-electron chi connectivity index (χ1n) is 5.68. The zero-order valence-electron chi connectivity index (χ0n) is 10.3. The van der Waals surface area contributed by atoms with E-state index in [9.17, 15) is 0 Å². The molecule has 1 N–H and O–H groups in total. The zero-order valence-corrected chi connectivity index (χ0v) is 10.3. The van der Waals surface area contributed by atoms with Crippen LogP contribution in [0.1, 0.15) is 36.7 Å². The van der Waals surface area contributed by atoms with E-state index in [1.165, 1.54) is 11.1 Å². The van der Waals surface area contributed by atoms with E-state index >= 15 is 0 Å². The number of nitrogens with zero attached hydrogens (tertiary/aromatic N) is 2. The van der Waals surface area contributed by atoms with Crippen molar-refractivity contribution in [3.05, 3.63) is 41.3 Å². The summed E-state index contributed by atoms with van der Waals surface area (Å²) in [5, 5.41) is 8.77. The molecule has 1 aromatic heterocycles. The molecule has 0 atom stereocenters. The van der Waals surface area contributed by atoms with Gasteiger partial charge in [0.25, 0.3) is 0 Å². The van der Waals surface area contributed by atoms with Gasteiger partial charge < -0.3 is 4.98 Å². The Morgan fingerprint density at radius 3 is 2.71 bits per heavy atom. The zero-order chi connectivity index (χ0) is 12.4. The van der Waals surface area contributed by atoms with Gasteiger partial charge in [-0.1, -0.05) is 26.0 Å². The van der Waals surface area contributed by atoms with Crippen molar-refractivity contribution in [1.82, 2.24) is 9.97 Å². The maximum atomic E-state index is 8.77. The molecule has 0 aliphatic rings. The number of aromatic amines is 1. The minimum absolute atomic E-state index is 0.356. The summed E-state index contributed by atoms with van der Waals surface area (Å²) in [6, 6.07) is 8.42. The summed E-state index contributed by atoms with van der Waals surface area (Å²) < 4.78 is 0. The first-order valence-corrected chi connectivity index (χ1v) is 5.68. The van der Waals surface area contributed by atoms with Crippen LogP contribution in [0.25, 0.3) is 11.3 Å². The quantitative estimate of drug-likeness (QED) is 0.851. The number of nitriles is 1. The topological polar surface area (TPSA) is 52.5 Å². The summed E-state index contributed by atoms with van der Waals surface area (Å²) in [4.78, 5) is 7.02. The molecule has 3 nitrogen and oxygen atoms in total. The molecule has 0 radical (unpaired) electrons. The smallest absolute Gasteiger partial charge is 0.210 e. The molecule has 1 aromatic carbocycles. The molecule has 0 spiro atoms. The Bertz CT molecular complexity index is 573. The minimum atomic E-state index is 0.356. The van der Waals surface area contributed by atoms with Crippen molar-refractivity contribution < 1.29 is 0 Å². The normalized spacial score (nSPS) is 10.5. The van der Waals surface area contributed by atoms with Gasteiger partial charge in [0.1, 0.15) is 6.07 Å². The van der Waals surface area contributed by atoms with Crippen molar-refractivity contribution in [2.45, 2.75) is 26.7 Å². The SMILES string of the molecule is Cc1ccc(C(C)C)cc1-c1cnc(C#N)[nH]1. The molecular weight excluding hydrogens is 210 g/mol. The molecule has 0 saturated heterocycles. The lowest BCUT2D eigenvalue weighted by atomic mass is 9.97. The summed E-state index contributed by atoms with van der Waals surface area (Å²) in [5.74, 6) is 0.849. The maximum absolute atomic E-state index is 8.77. The lowest BCUT2D eigenvalue weighted by molar-refractivity contribution is 0.866. The summed E-state index contributed by atoms with van der Waals surface area (Å²) >= 11 is 0. The van der Waals surface area contributed by atoms with Crippen molar-refractivity contribution in [3.8, 4) is 17.3 Å². The van der Waals surface area contributed by atoms with Crippen LogP contribution in [-0.4, -0.2) is 9.97 Å². The molecule has 17 heavy (non-hydrogen) atoms. The van der Waals surface area contributed by atoms with Crippen molar-refractivity contribution >= 4 is 0 Å². The second kappa shape index (κ2) is 4.42. The number of rotatable bonds is 2. The Hall–Kier alpha value is -2.08. The van der Waals surface area contributed by atoms with Crippen molar-refractivity contribution in [3.63, 3.8) is 0 Å². The van der Waals surface area contributed by atoms with Crippen LogP contribution in [0.2, 0.25) is 0 Å². The molecule has 0 fully saturated rings. The van der Waals surface area contributed by atoms with Crippen molar-refractivity contribution in [1.29, 1.82) is 5.26 Å². The predicted octanol–water partition coefficient (Wildman–Crippen LogP) is 3.38. The third kappa shape index (κ3) is 2.21. The fourth-order valence-electron chi connectivity index (χ4n) is 1.80. The van der Waals surface area contributed by atoms with Crippen LogP contribution < -0.4 is 0 Å². The Labute approximate surface area is 101 Å². The highest BCUT2D eigenvalue weighted by molar-refractivity contribution is 5.64. The van der Waals surface area contributed by atoms with Gasteiger partial charge in [-0.05, 0) is 30.0 Å². The Kier molecular flexibility index (Phi) is 2.97. The number of aryl methyl sites for hydroxylation is 1. The molecule has 0 aliphatic carbocycles. The molecule has 86 valence electrons. The highest BCUT2D eigenvalue weighted by atomic mass is 14.9. The van der Waals surface area contributed by atoms with Gasteiger partial charge in [0.15, 0.2) is 0 Å². The Balaban J connectivity index is 2.51. The monoisotopic (exact) mass is 225 g/mol. The number of aromatic nitrogens is 2. The van der Waals surface area contributed by atoms with Crippen LogP contribution in [0.5, 0.6) is 0 Å². The predicted molar refractivity (Wildman–Crippen MR) is 67.6 cm³/mol. The van der Waals surface area contributed by atoms with Gasteiger partial charge in [-0.25, -0.2) is 4.98 Å². The average Bonchev–Trinajstić information content (AvgIpc) is 2.77. The van der Waals surface area contributed by atoms with Crippen LogP contribution in [0.3, 0.4) is 0 Å². The highest BCUT2D eigenvalue weighted by Gasteiger charge is 2.08. The number of hydrogen-bond donors (Lipinski definition) is 1. The molecule has 0 amide bonds. The second-order valence-corrected chi connectivity index (χ2v) is 4.49. The van der Waals surface area contributed by atoms with E-state index in [1.54, 1.807) is 6.20 Å². The Morgan fingerprint density at radius 1 is 1.35 bits per heavy atom. The minimum Gasteiger partial charge on any atom is -0.329 e. The van der Waals surface area contributed by atoms with Crippen molar-refractivity contribution in [2.24, 2.45) is 0 Å². The van der Waals surface area contributed by atoms with E-state index in [4.69, 9.17) is 5.26 Å². The molecule has 0 aliphatic heterocycles. The van der Waals surface area contributed by atoms with Gasteiger partial charge in [0.05, 0.1) is 11.9 Å². The standard InChI is InChI=1S/C14H15N3/c1-9(2)11-5-4-10(3)12(6-11)13-8-16-14(7-15)17-13/h4-6,8-9H,1-3H3,(H,16,17). The Morgan fingerprint density at radius 2 is 2.12 bits per heavy atom. The first-order chi connectivity index (χ1) is 8.11. The van der Waals surface area contributed by atoms with Crippen molar-refractivity contribution in [2.75, 3.05) is 0 Å². The van der Waals surface area contributed by atoms with Gasteiger partial charge in [0, 0.05) is 5.56 Å². The van der Waals surface area contributed by atoms with E-state index in [-0.39, 0.29) is 0 Å². The van der Waals surface area contributed by atoms with Gasteiger partial charge >= 0.3 is 0 Å². The molecule has 0 bridgehead atoms. The lowest BCUT2D eigenvalue weighted by Crippen LogP contribution is -1.91. The van der Waals surface area contributed by atoms with E-state index in [1.807, 2.05) is 6.07 Å². The van der Waals surface area contributed by atoms with Gasteiger partial charge in [-0.2, -0.15) is 5.26 Å². The third-order valence-corrected chi connectivity index (χ3v) is 2.90. The second-order valence-electron chi connectivity index (χ2n) is 4.49. The summed E-state index contributed by atoms with van der Waals surface area (Å²) in [5.41, 5.74) is 4.49. The highest BCUT2D eigenvalue weighted by Crippen LogP contribution is 2.26. The van der Waals surface area contributed by atoms with E-state index in [0.717, 1.165) is 11.3 Å². The number of imidazole rings is 1. The van der Waals surface area contributed by atoms with E-state index < -0.39 is 0 Å². The average molecular weight is 225 g/mol. The van der Waals surface area contributed by atoms with Crippen LogP contribution in [0.15, 0.2) is 24.4 Å². The molecule has 3 heteroatoms. The van der Waals surface area contributed by atoms with Gasteiger partial charge in [-0.3, -0.25) is 0 Å². The van der Waals surface area contributed by atoms with Crippen LogP contribution in [0, 0.1) is 18.3 Å². The van der Waals surface area contributed by atoms with Crippen LogP contribution in [0.4, 0.5) is 0 Å². The molecule has 2 rings (SSSR count). The number of hydrogen-bond acceptors (Lipinski definition) is 2. The van der Waals surface area contributed by atoms with Gasteiger partial charge in [0.2, 0.25) is 5.82 Å². The summed E-state index contributed by atoms with van der Waals surface area (Å²) in [6.45, 7) is 6.40. The first kappa shape index (κ1) is 11.4. The maximum Gasteiger partial charge on any atom is 0.210 e. The number of H-pyrrole nitrogens is 1. The van der Waals surface area contributed by atoms with E-state index in [2.05, 4.69) is 48.9 Å². The fourth-order valence-corrected chi connectivity index (χ4v) is 1.80.